The number of benzene rings is 1. The number of amides is 1. The van der Waals surface area contributed by atoms with Gasteiger partial charge in [0.25, 0.3) is 5.91 Å². The molecule has 20 heavy (non-hydrogen) atoms. The Morgan fingerprint density at radius 2 is 2.20 bits per heavy atom. The Labute approximate surface area is 118 Å². The average Bonchev–Trinajstić information content (AvgIpc) is 2.46. The zero-order chi connectivity index (χ0) is 14.1. The molecule has 1 amide bonds. The van der Waals surface area contributed by atoms with Gasteiger partial charge in [-0.1, -0.05) is 18.2 Å². The van der Waals surface area contributed by atoms with Gasteiger partial charge in [-0.3, -0.25) is 9.78 Å². The van der Waals surface area contributed by atoms with Crippen molar-refractivity contribution >= 4 is 16.8 Å². The van der Waals surface area contributed by atoms with Crippen LogP contribution in [0.2, 0.25) is 0 Å². The fourth-order valence-electron chi connectivity index (χ4n) is 2.79. The van der Waals surface area contributed by atoms with Gasteiger partial charge in [0.05, 0.1) is 16.8 Å². The minimum absolute atomic E-state index is 0.0518. The van der Waals surface area contributed by atoms with Gasteiger partial charge in [-0.15, -0.1) is 0 Å². The zero-order valence-electron chi connectivity index (χ0n) is 11.7. The molecule has 1 saturated heterocycles. The van der Waals surface area contributed by atoms with Gasteiger partial charge in [0, 0.05) is 24.5 Å². The van der Waals surface area contributed by atoms with Gasteiger partial charge >= 0.3 is 0 Å². The first kappa shape index (κ1) is 13.1. The van der Waals surface area contributed by atoms with Crippen LogP contribution in [-0.2, 0) is 0 Å². The Bertz CT molecular complexity index is 653. The van der Waals surface area contributed by atoms with E-state index in [1.54, 1.807) is 0 Å². The molecule has 1 atom stereocenters. The largest absolute Gasteiger partial charge is 0.337 e. The summed E-state index contributed by atoms with van der Waals surface area (Å²) in [6.45, 7) is 3.33. The van der Waals surface area contributed by atoms with Gasteiger partial charge in [0.2, 0.25) is 0 Å². The maximum atomic E-state index is 12.6. The number of para-hydroxylation sites is 1. The van der Waals surface area contributed by atoms with E-state index in [0.717, 1.165) is 36.0 Å². The Balaban J connectivity index is 1.96. The van der Waals surface area contributed by atoms with Crippen LogP contribution in [0.5, 0.6) is 0 Å². The minimum Gasteiger partial charge on any atom is -0.337 e. The van der Waals surface area contributed by atoms with E-state index in [-0.39, 0.29) is 11.9 Å². The first-order valence-corrected chi connectivity index (χ1v) is 7.06. The molecule has 1 aromatic carbocycles. The SMILES string of the molecule is Cc1nc2ccccc2cc1C(=O)N1CCCC(N)C1. The smallest absolute Gasteiger partial charge is 0.255 e. The molecule has 1 aliphatic rings. The Morgan fingerprint density at radius 1 is 1.40 bits per heavy atom. The highest BCUT2D eigenvalue weighted by Crippen LogP contribution is 2.19. The average molecular weight is 269 g/mol. The third-order valence-electron chi connectivity index (χ3n) is 3.89. The van der Waals surface area contributed by atoms with Crippen molar-refractivity contribution in [2.24, 2.45) is 5.73 Å². The number of pyridine rings is 1. The summed E-state index contributed by atoms with van der Waals surface area (Å²) < 4.78 is 0. The number of aryl methyl sites for hydroxylation is 1. The molecule has 1 unspecified atom stereocenters. The van der Waals surface area contributed by atoms with E-state index in [1.807, 2.05) is 42.2 Å². The number of nitrogens with two attached hydrogens (primary N) is 1. The first-order valence-electron chi connectivity index (χ1n) is 7.06. The number of hydrogen-bond acceptors (Lipinski definition) is 3. The van der Waals surface area contributed by atoms with E-state index in [0.29, 0.717) is 12.1 Å². The molecule has 0 saturated carbocycles. The number of aromatic nitrogens is 1. The molecule has 1 aliphatic heterocycles. The van der Waals surface area contributed by atoms with Gasteiger partial charge in [-0.05, 0) is 31.9 Å². The van der Waals surface area contributed by atoms with Gasteiger partial charge in [0.1, 0.15) is 0 Å². The fourth-order valence-corrected chi connectivity index (χ4v) is 2.79. The number of likely N-dealkylation sites (tertiary alicyclic amines) is 1. The van der Waals surface area contributed by atoms with Crippen molar-refractivity contribution in [1.29, 1.82) is 0 Å². The van der Waals surface area contributed by atoms with Crippen LogP contribution in [0.1, 0.15) is 28.9 Å². The Hall–Kier alpha value is -1.94. The molecule has 0 spiro atoms. The summed E-state index contributed by atoms with van der Waals surface area (Å²) in [4.78, 5) is 19.0. The van der Waals surface area contributed by atoms with Crippen LogP contribution in [0.3, 0.4) is 0 Å². The molecule has 2 aromatic rings. The summed E-state index contributed by atoms with van der Waals surface area (Å²) in [5.41, 5.74) is 8.37. The normalized spacial score (nSPS) is 19.3. The standard InChI is InChI=1S/C16H19N3O/c1-11-14(9-12-5-2-3-7-15(12)18-11)16(20)19-8-4-6-13(17)10-19/h2-3,5,7,9,13H,4,6,8,10,17H2,1H3. The Morgan fingerprint density at radius 3 is 3.00 bits per heavy atom. The van der Waals surface area contributed by atoms with Crippen molar-refractivity contribution < 1.29 is 4.79 Å². The summed E-state index contributed by atoms with van der Waals surface area (Å²) in [7, 11) is 0. The number of hydrogen-bond donors (Lipinski definition) is 1. The van der Waals surface area contributed by atoms with E-state index >= 15 is 0 Å². The van der Waals surface area contributed by atoms with Crippen LogP contribution in [0.15, 0.2) is 30.3 Å². The molecule has 0 bridgehead atoms. The number of fused-ring (bicyclic) bond motifs is 1. The minimum atomic E-state index is 0.0518. The molecular weight excluding hydrogens is 250 g/mol. The van der Waals surface area contributed by atoms with Crippen molar-refractivity contribution in [2.75, 3.05) is 13.1 Å². The van der Waals surface area contributed by atoms with Crippen LogP contribution in [0.25, 0.3) is 10.9 Å². The first-order chi connectivity index (χ1) is 9.65. The van der Waals surface area contributed by atoms with Crippen LogP contribution < -0.4 is 5.73 Å². The molecule has 4 heteroatoms. The summed E-state index contributed by atoms with van der Waals surface area (Å²) in [6.07, 6.45) is 1.98. The van der Waals surface area contributed by atoms with Crippen molar-refractivity contribution in [2.45, 2.75) is 25.8 Å². The van der Waals surface area contributed by atoms with E-state index in [2.05, 4.69) is 4.98 Å². The lowest BCUT2D eigenvalue weighted by atomic mass is 10.0. The molecule has 3 rings (SSSR count). The van der Waals surface area contributed by atoms with Crippen molar-refractivity contribution in [3.8, 4) is 0 Å². The van der Waals surface area contributed by atoms with Gasteiger partial charge in [0.15, 0.2) is 0 Å². The summed E-state index contributed by atoms with van der Waals surface area (Å²) in [6, 6.07) is 9.92. The molecule has 104 valence electrons. The lowest BCUT2D eigenvalue weighted by molar-refractivity contribution is 0.0708. The second kappa shape index (κ2) is 5.21. The highest BCUT2D eigenvalue weighted by molar-refractivity contribution is 5.98. The molecule has 0 aliphatic carbocycles. The Kier molecular flexibility index (Phi) is 3.40. The van der Waals surface area contributed by atoms with E-state index < -0.39 is 0 Å². The number of carbonyl (C=O) groups is 1. The van der Waals surface area contributed by atoms with E-state index in [4.69, 9.17) is 5.73 Å². The molecule has 2 heterocycles. The maximum absolute atomic E-state index is 12.6. The topological polar surface area (TPSA) is 59.2 Å². The third kappa shape index (κ3) is 2.39. The van der Waals surface area contributed by atoms with Gasteiger partial charge in [-0.2, -0.15) is 0 Å². The second-order valence-electron chi connectivity index (χ2n) is 5.47. The predicted octanol–water partition coefficient (Wildman–Crippen LogP) is 2.11. The fraction of sp³-hybridized carbons (Fsp3) is 0.375. The van der Waals surface area contributed by atoms with Crippen LogP contribution in [0.4, 0.5) is 0 Å². The summed E-state index contributed by atoms with van der Waals surface area (Å²) in [5, 5.41) is 1.00. The number of nitrogens with zero attached hydrogens (tertiary/aromatic N) is 2. The molecule has 2 N–H and O–H groups in total. The molecule has 0 radical (unpaired) electrons. The number of piperidine rings is 1. The molecular formula is C16H19N3O. The molecule has 1 fully saturated rings. The zero-order valence-corrected chi connectivity index (χ0v) is 11.7. The number of rotatable bonds is 1. The van der Waals surface area contributed by atoms with Gasteiger partial charge in [-0.25, -0.2) is 0 Å². The summed E-state index contributed by atoms with van der Waals surface area (Å²) >= 11 is 0. The lowest BCUT2D eigenvalue weighted by Crippen LogP contribution is -2.45. The highest BCUT2D eigenvalue weighted by atomic mass is 16.2. The molecule has 4 nitrogen and oxygen atoms in total. The van der Waals surface area contributed by atoms with Crippen LogP contribution in [-0.4, -0.2) is 34.9 Å². The van der Waals surface area contributed by atoms with Crippen molar-refractivity contribution in [3.05, 3.63) is 41.6 Å². The number of carbonyl (C=O) groups excluding carboxylic acids is 1. The van der Waals surface area contributed by atoms with E-state index in [9.17, 15) is 4.79 Å². The predicted molar refractivity (Wildman–Crippen MR) is 79.6 cm³/mol. The maximum Gasteiger partial charge on any atom is 0.255 e. The van der Waals surface area contributed by atoms with Crippen molar-refractivity contribution in [1.82, 2.24) is 9.88 Å². The molecule has 1 aromatic heterocycles. The lowest BCUT2D eigenvalue weighted by Gasteiger charge is -2.31. The van der Waals surface area contributed by atoms with Crippen molar-refractivity contribution in [3.63, 3.8) is 0 Å². The second-order valence-corrected chi connectivity index (χ2v) is 5.47. The van der Waals surface area contributed by atoms with Crippen LogP contribution in [0, 0.1) is 6.92 Å². The highest BCUT2D eigenvalue weighted by Gasteiger charge is 2.23. The monoisotopic (exact) mass is 269 g/mol. The van der Waals surface area contributed by atoms with Crippen LogP contribution >= 0.6 is 0 Å². The quantitative estimate of drug-likeness (QED) is 0.862. The summed E-state index contributed by atoms with van der Waals surface area (Å²) in [5.74, 6) is 0.0518. The third-order valence-corrected chi connectivity index (χ3v) is 3.89. The van der Waals surface area contributed by atoms with Gasteiger partial charge < -0.3 is 10.6 Å². The van der Waals surface area contributed by atoms with E-state index in [1.165, 1.54) is 0 Å².